The van der Waals surface area contributed by atoms with Gasteiger partial charge in [0, 0.05) is 12.1 Å². The van der Waals surface area contributed by atoms with Gasteiger partial charge in [0.05, 0.1) is 4.90 Å². The van der Waals surface area contributed by atoms with E-state index >= 15 is 0 Å². The van der Waals surface area contributed by atoms with Crippen LogP contribution in [0, 0.1) is 5.82 Å². The van der Waals surface area contributed by atoms with Gasteiger partial charge in [-0.2, -0.15) is 0 Å². The van der Waals surface area contributed by atoms with E-state index in [2.05, 4.69) is 0 Å². The molecule has 0 saturated carbocycles. The summed E-state index contributed by atoms with van der Waals surface area (Å²) in [6, 6.07) is 13.7. The molecule has 0 heterocycles. The molecule has 100 valence electrons. The highest BCUT2D eigenvalue weighted by Gasteiger charge is 2.29. The zero-order chi connectivity index (χ0) is 13.9. The van der Waals surface area contributed by atoms with E-state index in [1.807, 2.05) is 0 Å². The standard InChI is InChI=1S/C14H14FNO2S/c15-13-9-5-4-8-12(13)14(10-16)19(17,18)11-6-2-1-3-7-11/h1-9,14H,10,16H2/t14-/m1/s1. The molecule has 0 amide bonds. The minimum absolute atomic E-state index is 0.105. The van der Waals surface area contributed by atoms with Gasteiger partial charge in [-0.15, -0.1) is 0 Å². The zero-order valence-electron chi connectivity index (χ0n) is 10.2. The molecule has 0 saturated heterocycles. The van der Waals surface area contributed by atoms with Crippen LogP contribution >= 0.6 is 0 Å². The molecule has 0 unspecified atom stereocenters. The third-order valence-electron chi connectivity index (χ3n) is 2.91. The van der Waals surface area contributed by atoms with Crippen LogP contribution in [0.2, 0.25) is 0 Å². The third kappa shape index (κ3) is 2.67. The molecule has 2 N–H and O–H groups in total. The van der Waals surface area contributed by atoms with Crippen LogP contribution in [0.3, 0.4) is 0 Å². The number of nitrogens with two attached hydrogens (primary N) is 1. The van der Waals surface area contributed by atoms with E-state index < -0.39 is 20.9 Å². The number of benzene rings is 2. The van der Waals surface area contributed by atoms with Crippen molar-refractivity contribution >= 4 is 9.84 Å². The van der Waals surface area contributed by atoms with Crippen LogP contribution in [-0.4, -0.2) is 15.0 Å². The Labute approximate surface area is 111 Å². The smallest absolute Gasteiger partial charge is 0.186 e. The first-order valence-corrected chi connectivity index (χ1v) is 7.35. The van der Waals surface area contributed by atoms with E-state index in [9.17, 15) is 12.8 Å². The molecule has 0 aliphatic carbocycles. The number of rotatable bonds is 4. The average molecular weight is 279 g/mol. The first-order chi connectivity index (χ1) is 9.07. The molecule has 19 heavy (non-hydrogen) atoms. The van der Waals surface area contributed by atoms with Gasteiger partial charge >= 0.3 is 0 Å². The van der Waals surface area contributed by atoms with Crippen LogP contribution in [0.5, 0.6) is 0 Å². The number of hydrogen-bond donors (Lipinski definition) is 1. The summed E-state index contributed by atoms with van der Waals surface area (Å²) in [6.07, 6.45) is 0. The second-order valence-electron chi connectivity index (χ2n) is 4.10. The maximum Gasteiger partial charge on any atom is 0.186 e. The number of halogens is 1. The molecule has 0 aliphatic heterocycles. The van der Waals surface area contributed by atoms with E-state index in [1.54, 1.807) is 24.3 Å². The van der Waals surface area contributed by atoms with Gasteiger partial charge < -0.3 is 5.73 Å². The average Bonchev–Trinajstić information content (AvgIpc) is 2.42. The number of hydrogen-bond acceptors (Lipinski definition) is 3. The summed E-state index contributed by atoms with van der Waals surface area (Å²) < 4.78 is 38.7. The minimum Gasteiger partial charge on any atom is -0.329 e. The molecule has 0 aliphatic rings. The summed E-state index contributed by atoms with van der Waals surface area (Å²) in [7, 11) is -3.69. The lowest BCUT2D eigenvalue weighted by atomic mass is 10.1. The maximum absolute atomic E-state index is 13.8. The lowest BCUT2D eigenvalue weighted by molar-refractivity contribution is 0.568. The lowest BCUT2D eigenvalue weighted by Crippen LogP contribution is -2.23. The van der Waals surface area contributed by atoms with Gasteiger partial charge in [-0.25, -0.2) is 12.8 Å². The van der Waals surface area contributed by atoms with Gasteiger partial charge in [0.25, 0.3) is 0 Å². The maximum atomic E-state index is 13.8. The molecule has 2 aromatic carbocycles. The molecule has 5 heteroatoms. The van der Waals surface area contributed by atoms with Gasteiger partial charge in [0.15, 0.2) is 9.84 Å². The van der Waals surface area contributed by atoms with Gasteiger partial charge in [0.2, 0.25) is 0 Å². The van der Waals surface area contributed by atoms with E-state index in [4.69, 9.17) is 5.73 Å². The third-order valence-corrected chi connectivity index (χ3v) is 5.04. The highest BCUT2D eigenvalue weighted by Crippen LogP contribution is 2.29. The van der Waals surface area contributed by atoms with E-state index in [-0.39, 0.29) is 17.0 Å². The Balaban J connectivity index is 2.52. The fourth-order valence-corrected chi connectivity index (χ4v) is 3.58. The largest absolute Gasteiger partial charge is 0.329 e. The summed E-state index contributed by atoms with van der Waals surface area (Å²) in [6.45, 7) is -0.168. The van der Waals surface area contributed by atoms with Crippen molar-refractivity contribution in [1.29, 1.82) is 0 Å². The molecule has 0 aromatic heterocycles. The zero-order valence-corrected chi connectivity index (χ0v) is 11.0. The highest BCUT2D eigenvalue weighted by atomic mass is 32.2. The fourth-order valence-electron chi connectivity index (χ4n) is 1.93. The van der Waals surface area contributed by atoms with Crippen LogP contribution in [0.4, 0.5) is 4.39 Å². The second kappa shape index (κ2) is 5.50. The van der Waals surface area contributed by atoms with Crippen molar-refractivity contribution in [1.82, 2.24) is 0 Å². The van der Waals surface area contributed by atoms with Gasteiger partial charge in [-0.3, -0.25) is 0 Å². The molecule has 0 spiro atoms. The molecule has 2 rings (SSSR count). The van der Waals surface area contributed by atoms with Crippen LogP contribution in [-0.2, 0) is 9.84 Å². The summed E-state index contributed by atoms with van der Waals surface area (Å²) >= 11 is 0. The molecule has 0 radical (unpaired) electrons. The SMILES string of the molecule is NC[C@H](c1ccccc1F)S(=O)(=O)c1ccccc1. The molecule has 2 aromatic rings. The Hall–Kier alpha value is -1.72. The fraction of sp³-hybridized carbons (Fsp3) is 0.143. The summed E-state index contributed by atoms with van der Waals surface area (Å²) in [5, 5.41) is -1.07. The van der Waals surface area contributed by atoms with Crippen LogP contribution in [0.25, 0.3) is 0 Å². The first-order valence-electron chi connectivity index (χ1n) is 5.81. The van der Waals surface area contributed by atoms with Crippen molar-refractivity contribution in [3.8, 4) is 0 Å². The van der Waals surface area contributed by atoms with Gasteiger partial charge in [0.1, 0.15) is 11.1 Å². The molecular weight excluding hydrogens is 265 g/mol. The minimum atomic E-state index is -3.69. The monoisotopic (exact) mass is 279 g/mol. The predicted molar refractivity (Wildman–Crippen MR) is 71.8 cm³/mol. The predicted octanol–water partition coefficient (Wildman–Crippen LogP) is 2.30. The van der Waals surface area contributed by atoms with Crippen molar-refractivity contribution in [2.75, 3.05) is 6.54 Å². The first kappa shape index (κ1) is 13.7. The number of sulfone groups is 1. The van der Waals surface area contributed by atoms with Crippen LogP contribution in [0.1, 0.15) is 10.8 Å². The Kier molecular flexibility index (Phi) is 3.97. The molecule has 1 atom stereocenters. The molecule has 3 nitrogen and oxygen atoms in total. The summed E-state index contributed by atoms with van der Waals surface area (Å²) in [4.78, 5) is 0.147. The highest BCUT2D eigenvalue weighted by molar-refractivity contribution is 7.91. The Morgan fingerprint density at radius 3 is 2.16 bits per heavy atom. The van der Waals surface area contributed by atoms with Gasteiger partial charge in [-0.05, 0) is 18.2 Å². The molecule has 0 fully saturated rings. The lowest BCUT2D eigenvalue weighted by Gasteiger charge is -2.16. The summed E-state index contributed by atoms with van der Waals surface area (Å²) in [5.74, 6) is -0.558. The Bertz CT molecular complexity index is 656. The Morgan fingerprint density at radius 1 is 1.00 bits per heavy atom. The second-order valence-corrected chi connectivity index (χ2v) is 6.23. The van der Waals surface area contributed by atoms with Crippen molar-refractivity contribution in [3.63, 3.8) is 0 Å². The topological polar surface area (TPSA) is 60.2 Å². The van der Waals surface area contributed by atoms with Crippen molar-refractivity contribution in [2.45, 2.75) is 10.1 Å². The van der Waals surface area contributed by atoms with Crippen molar-refractivity contribution in [3.05, 3.63) is 66.0 Å². The van der Waals surface area contributed by atoms with Crippen LogP contribution in [0.15, 0.2) is 59.5 Å². The van der Waals surface area contributed by atoms with E-state index in [0.717, 1.165) is 0 Å². The molecule has 0 bridgehead atoms. The quantitative estimate of drug-likeness (QED) is 0.934. The Morgan fingerprint density at radius 2 is 1.58 bits per heavy atom. The van der Waals surface area contributed by atoms with Crippen molar-refractivity contribution in [2.24, 2.45) is 5.73 Å². The van der Waals surface area contributed by atoms with Crippen molar-refractivity contribution < 1.29 is 12.8 Å². The van der Waals surface area contributed by atoms with E-state index in [1.165, 1.54) is 30.3 Å². The van der Waals surface area contributed by atoms with Gasteiger partial charge in [-0.1, -0.05) is 36.4 Å². The van der Waals surface area contributed by atoms with E-state index in [0.29, 0.717) is 0 Å². The normalized spacial score (nSPS) is 13.2. The molecular formula is C14H14FNO2S. The van der Waals surface area contributed by atoms with Crippen LogP contribution < -0.4 is 5.73 Å². The summed E-state index contributed by atoms with van der Waals surface area (Å²) in [5.41, 5.74) is 5.66.